The van der Waals surface area contributed by atoms with Gasteiger partial charge < -0.3 is 14.5 Å². The van der Waals surface area contributed by atoms with Gasteiger partial charge in [-0.2, -0.15) is 18.3 Å². The molecule has 2 aromatic rings. The van der Waals surface area contributed by atoms with Crippen molar-refractivity contribution in [3.63, 3.8) is 0 Å². The van der Waals surface area contributed by atoms with Crippen LogP contribution in [-0.4, -0.2) is 35.4 Å². The van der Waals surface area contributed by atoms with Crippen LogP contribution in [0.4, 0.5) is 13.2 Å². The standard InChI is InChI=1S/C20H24F3N3O3/c1-3-28-19(27)18-16(20(21,22)23)15-14(29-18)8-11(2)13-10-26(25-17(13)15)9-12-4-6-24-7-5-12/h10-12,24H,3-9H2,1-2H3/t11-/m1/s1. The van der Waals surface area contributed by atoms with Gasteiger partial charge in [0.15, 0.2) is 0 Å². The number of fused-ring (bicyclic) bond motifs is 3. The lowest BCUT2D eigenvalue weighted by Gasteiger charge is -2.22. The summed E-state index contributed by atoms with van der Waals surface area (Å²) >= 11 is 0. The van der Waals surface area contributed by atoms with E-state index >= 15 is 0 Å². The van der Waals surface area contributed by atoms with E-state index in [0.717, 1.165) is 31.5 Å². The van der Waals surface area contributed by atoms with Crippen molar-refractivity contribution in [2.45, 2.75) is 51.7 Å². The summed E-state index contributed by atoms with van der Waals surface area (Å²) in [5.41, 5.74) is -0.170. The number of halogens is 3. The molecule has 29 heavy (non-hydrogen) atoms. The van der Waals surface area contributed by atoms with Crippen molar-refractivity contribution >= 4 is 5.97 Å². The highest BCUT2D eigenvalue weighted by Crippen LogP contribution is 2.48. The number of nitrogens with one attached hydrogen (secondary N) is 1. The largest absolute Gasteiger partial charge is 0.460 e. The molecule has 2 aromatic heterocycles. The zero-order chi connectivity index (χ0) is 20.8. The second-order valence-corrected chi connectivity index (χ2v) is 7.78. The molecule has 0 aromatic carbocycles. The van der Waals surface area contributed by atoms with Crippen LogP contribution < -0.4 is 5.32 Å². The first-order chi connectivity index (χ1) is 13.8. The van der Waals surface area contributed by atoms with Gasteiger partial charge in [-0.3, -0.25) is 4.68 Å². The number of ether oxygens (including phenoxy) is 1. The summed E-state index contributed by atoms with van der Waals surface area (Å²) in [6.07, 6.45) is -0.600. The Morgan fingerprint density at radius 2 is 2.10 bits per heavy atom. The lowest BCUT2D eigenvalue weighted by Crippen LogP contribution is -2.30. The van der Waals surface area contributed by atoms with Crippen molar-refractivity contribution in [2.24, 2.45) is 5.92 Å². The smallest absolute Gasteiger partial charge is 0.421 e. The number of rotatable bonds is 4. The van der Waals surface area contributed by atoms with E-state index in [9.17, 15) is 18.0 Å². The summed E-state index contributed by atoms with van der Waals surface area (Å²) < 4.78 is 53.8. The zero-order valence-corrected chi connectivity index (χ0v) is 16.4. The van der Waals surface area contributed by atoms with E-state index in [1.807, 2.05) is 13.1 Å². The minimum absolute atomic E-state index is 0.0337. The van der Waals surface area contributed by atoms with Crippen LogP contribution >= 0.6 is 0 Å². The molecule has 0 unspecified atom stereocenters. The van der Waals surface area contributed by atoms with Crippen LogP contribution in [0.5, 0.6) is 0 Å². The first kappa shape index (κ1) is 20.0. The Morgan fingerprint density at radius 1 is 1.38 bits per heavy atom. The summed E-state index contributed by atoms with van der Waals surface area (Å²) in [5.74, 6) is -1.35. The summed E-state index contributed by atoms with van der Waals surface area (Å²) in [7, 11) is 0. The third kappa shape index (κ3) is 3.68. The molecule has 1 fully saturated rings. The van der Waals surface area contributed by atoms with Crippen molar-refractivity contribution in [3.05, 3.63) is 28.8 Å². The number of furan rings is 1. The summed E-state index contributed by atoms with van der Waals surface area (Å²) in [4.78, 5) is 12.1. The lowest BCUT2D eigenvalue weighted by molar-refractivity contribution is -0.138. The fraction of sp³-hybridized carbons (Fsp3) is 0.600. The van der Waals surface area contributed by atoms with Crippen LogP contribution in [-0.2, 0) is 23.9 Å². The molecule has 9 heteroatoms. The molecule has 2 aliphatic rings. The average molecular weight is 411 g/mol. The van der Waals surface area contributed by atoms with Gasteiger partial charge in [0.05, 0.1) is 17.9 Å². The molecule has 1 N–H and O–H groups in total. The van der Waals surface area contributed by atoms with E-state index in [0.29, 0.717) is 12.5 Å². The van der Waals surface area contributed by atoms with Gasteiger partial charge >= 0.3 is 12.1 Å². The third-order valence-corrected chi connectivity index (χ3v) is 5.68. The van der Waals surface area contributed by atoms with E-state index in [4.69, 9.17) is 9.15 Å². The third-order valence-electron chi connectivity index (χ3n) is 5.68. The van der Waals surface area contributed by atoms with Gasteiger partial charge in [0.2, 0.25) is 5.76 Å². The van der Waals surface area contributed by atoms with Gasteiger partial charge in [-0.1, -0.05) is 6.92 Å². The second-order valence-electron chi connectivity index (χ2n) is 7.78. The number of aromatic nitrogens is 2. The monoisotopic (exact) mass is 411 g/mol. The van der Waals surface area contributed by atoms with Crippen molar-refractivity contribution in [1.82, 2.24) is 15.1 Å². The summed E-state index contributed by atoms with van der Waals surface area (Å²) in [6.45, 7) is 5.98. The van der Waals surface area contributed by atoms with Crippen molar-refractivity contribution in [2.75, 3.05) is 19.7 Å². The van der Waals surface area contributed by atoms with Crippen LogP contribution in [0.1, 0.15) is 60.0 Å². The summed E-state index contributed by atoms with van der Waals surface area (Å²) in [6, 6.07) is 0. The molecule has 3 heterocycles. The average Bonchev–Trinajstić information content (AvgIpc) is 3.24. The molecule has 6 nitrogen and oxygen atoms in total. The number of hydrogen-bond acceptors (Lipinski definition) is 5. The Labute approximate surface area is 166 Å². The zero-order valence-electron chi connectivity index (χ0n) is 16.4. The number of hydrogen-bond donors (Lipinski definition) is 1. The molecular formula is C20H24F3N3O3. The highest BCUT2D eigenvalue weighted by Gasteiger charge is 2.46. The fourth-order valence-electron chi connectivity index (χ4n) is 4.29. The van der Waals surface area contributed by atoms with Crippen molar-refractivity contribution in [1.29, 1.82) is 0 Å². The Balaban J connectivity index is 1.78. The van der Waals surface area contributed by atoms with Crippen LogP contribution in [0, 0.1) is 5.92 Å². The van der Waals surface area contributed by atoms with E-state index in [1.54, 1.807) is 4.68 Å². The van der Waals surface area contributed by atoms with Crippen molar-refractivity contribution < 1.29 is 27.1 Å². The first-order valence-corrected chi connectivity index (χ1v) is 9.98. The molecule has 0 radical (unpaired) electrons. The molecule has 4 rings (SSSR count). The molecule has 0 saturated carbocycles. The van der Waals surface area contributed by atoms with Crippen LogP contribution in [0.3, 0.4) is 0 Å². The van der Waals surface area contributed by atoms with Gasteiger partial charge in [0.25, 0.3) is 0 Å². The summed E-state index contributed by atoms with van der Waals surface area (Å²) in [5, 5.41) is 7.82. The van der Waals surface area contributed by atoms with Gasteiger partial charge in [-0.15, -0.1) is 0 Å². The van der Waals surface area contributed by atoms with Gasteiger partial charge in [0.1, 0.15) is 11.3 Å². The number of piperidine rings is 1. The molecule has 1 aliphatic carbocycles. The Kier molecular flexibility index (Phi) is 5.18. The molecule has 158 valence electrons. The molecular weight excluding hydrogens is 387 g/mol. The van der Waals surface area contributed by atoms with E-state index in [1.165, 1.54) is 6.92 Å². The number of esters is 1. The predicted octanol–water partition coefficient (Wildman–Crippen LogP) is 4.00. The molecule has 1 atom stereocenters. The number of nitrogens with zero attached hydrogens (tertiary/aromatic N) is 2. The number of alkyl halides is 3. The van der Waals surface area contributed by atoms with Gasteiger partial charge in [0, 0.05) is 24.7 Å². The normalized spacial score (nSPS) is 19.7. The second kappa shape index (κ2) is 7.51. The van der Waals surface area contributed by atoms with E-state index in [2.05, 4.69) is 10.4 Å². The topological polar surface area (TPSA) is 69.3 Å². The number of carbonyl (C=O) groups is 1. The quantitative estimate of drug-likeness (QED) is 0.771. The maximum Gasteiger partial charge on any atom is 0.421 e. The molecule has 1 aliphatic heterocycles. The van der Waals surface area contributed by atoms with Crippen LogP contribution in [0.15, 0.2) is 10.6 Å². The van der Waals surface area contributed by atoms with Crippen LogP contribution in [0.25, 0.3) is 11.3 Å². The lowest BCUT2D eigenvalue weighted by atomic mass is 9.86. The Morgan fingerprint density at radius 3 is 2.76 bits per heavy atom. The molecule has 1 saturated heterocycles. The minimum Gasteiger partial charge on any atom is -0.460 e. The molecule has 0 amide bonds. The Hall–Kier alpha value is -2.29. The first-order valence-electron chi connectivity index (χ1n) is 9.98. The van der Waals surface area contributed by atoms with Crippen LogP contribution in [0.2, 0.25) is 0 Å². The maximum atomic E-state index is 13.9. The molecule has 0 bridgehead atoms. The number of carbonyl (C=O) groups excluding carboxylic acids is 1. The minimum atomic E-state index is -4.75. The van der Waals surface area contributed by atoms with Crippen molar-refractivity contribution in [3.8, 4) is 11.3 Å². The fourth-order valence-corrected chi connectivity index (χ4v) is 4.29. The van der Waals surface area contributed by atoms with E-state index < -0.39 is 23.5 Å². The molecule has 0 spiro atoms. The van der Waals surface area contributed by atoms with Gasteiger partial charge in [-0.05, 0) is 44.7 Å². The van der Waals surface area contributed by atoms with Gasteiger partial charge in [-0.25, -0.2) is 4.79 Å². The highest BCUT2D eigenvalue weighted by atomic mass is 19.4. The van der Waals surface area contributed by atoms with E-state index in [-0.39, 0.29) is 36.0 Å². The SMILES string of the molecule is CCOC(=O)c1oc2c(c1C(F)(F)F)-c1nn(CC3CCNCC3)cc1[C@H](C)C2. The predicted molar refractivity (Wildman–Crippen MR) is 98.6 cm³/mol. The Bertz CT molecular complexity index is 910. The highest BCUT2D eigenvalue weighted by molar-refractivity contribution is 5.92. The maximum absolute atomic E-state index is 13.9.